The van der Waals surface area contributed by atoms with Gasteiger partial charge in [-0.05, 0) is 99.2 Å². The van der Waals surface area contributed by atoms with Crippen molar-refractivity contribution >= 4 is 62.3 Å². The molecule has 1 aliphatic rings. The second kappa shape index (κ2) is 17.4. The molecule has 0 saturated carbocycles. The topological polar surface area (TPSA) is 40.6 Å². The molecular weight excluding hydrogens is 555 g/mol. The summed E-state index contributed by atoms with van der Waals surface area (Å²) < 4.78 is 28.3. The number of nitrogens with zero attached hydrogens (tertiary/aromatic N) is 2. The number of terminal acetylenes is 1. The third-order valence-corrected chi connectivity index (χ3v) is 9.11. The van der Waals surface area contributed by atoms with Crippen molar-refractivity contribution in [3.63, 3.8) is 0 Å². The molecule has 0 aromatic heterocycles. The Hall–Kier alpha value is -1.07. The molecule has 4 nitrogen and oxygen atoms in total. The molecule has 0 radical (unpaired) electrons. The van der Waals surface area contributed by atoms with Gasteiger partial charge in [-0.15, -0.1) is 12.8 Å². The highest BCUT2D eigenvalue weighted by Crippen LogP contribution is 2.33. The molecule has 0 N–H and O–H groups in total. The lowest BCUT2D eigenvalue weighted by Crippen LogP contribution is -2.37. The van der Waals surface area contributed by atoms with Crippen LogP contribution in [0.25, 0.3) is 0 Å². The van der Waals surface area contributed by atoms with E-state index in [0.717, 1.165) is 38.4 Å². The van der Waals surface area contributed by atoms with E-state index in [9.17, 15) is 8.42 Å². The molecular formula is C27H37Cl3N2O2S2. The molecule has 0 bridgehead atoms. The van der Waals surface area contributed by atoms with Gasteiger partial charge in [-0.25, -0.2) is 8.42 Å². The molecule has 3 rings (SSSR count). The van der Waals surface area contributed by atoms with Gasteiger partial charge < -0.3 is 4.90 Å². The predicted octanol–water partition coefficient (Wildman–Crippen LogP) is 7.97. The fourth-order valence-corrected chi connectivity index (χ4v) is 6.92. The molecule has 1 fully saturated rings. The van der Waals surface area contributed by atoms with Crippen LogP contribution in [0, 0.1) is 18.8 Å². The van der Waals surface area contributed by atoms with Crippen molar-refractivity contribution in [1.29, 1.82) is 0 Å². The highest BCUT2D eigenvalue weighted by Gasteiger charge is 2.27. The average molecular weight is 592 g/mol. The number of sulfonamides is 1. The summed E-state index contributed by atoms with van der Waals surface area (Å²) >= 11 is 20.4. The molecule has 2 aromatic carbocycles. The molecule has 0 spiro atoms. The van der Waals surface area contributed by atoms with Gasteiger partial charge >= 0.3 is 0 Å². The molecule has 2 aromatic rings. The highest BCUT2D eigenvalue weighted by molar-refractivity contribution is 7.98. The van der Waals surface area contributed by atoms with E-state index in [1.54, 1.807) is 30.3 Å². The van der Waals surface area contributed by atoms with E-state index < -0.39 is 10.0 Å². The first-order valence-electron chi connectivity index (χ1n) is 12.1. The van der Waals surface area contributed by atoms with Crippen LogP contribution in [0.3, 0.4) is 0 Å². The summed E-state index contributed by atoms with van der Waals surface area (Å²) in [5, 5.41) is 1.27. The van der Waals surface area contributed by atoms with Crippen molar-refractivity contribution in [2.45, 2.75) is 44.4 Å². The van der Waals surface area contributed by atoms with Crippen molar-refractivity contribution < 1.29 is 8.42 Å². The molecule has 1 atom stereocenters. The van der Waals surface area contributed by atoms with Gasteiger partial charge in [-0.1, -0.05) is 48.7 Å². The summed E-state index contributed by atoms with van der Waals surface area (Å²) in [7, 11) is -3.82. The van der Waals surface area contributed by atoms with Gasteiger partial charge in [-0.2, -0.15) is 11.8 Å². The van der Waals surface area contributed by atoms with Gasteiger partial charge in [0, 0.05) is 23.1 Å². The van der Waals surface area contributed by atoms with Crippen molar-refractivity contribution in [2.75, 3.05) is 42.5 Å². The van der Waals surface area contributed by atoms with Crippen molar-refractivity contribution in [3.8, 4) is 12.8 Å². The number of benzene rings is 2. The standard InChI is InChI=1S/C23H29Cl3N2O2S2.C2H6.C2H2/c1-31-17-18-5-4-13-27(16-18)12-2-3-14-28(23-15-20(25)8-11-22(23)26)32(29,30)21-9-6-19(24)7-10-21;2*1-2/h6-11,15,18H,2-5,12-14,16-17H2,1H3;1-2H3;1-2H. The molecule has 1 heterocycles. The fraction of sp³-hybridized carbons (Fsp3) is 0.481. The number of halogens is 3. The lowest BCUT2D eigenvalue weighted by atomic mass is 10.00. The molecule has 9 heteroatoms. The number of hydrogen-bond acceptors (Lipinski definition) is 4. The van der Waals surface area contributed by atoms with Crippen molar-refractivity contribution in [3.05, 3.63) is 57.5 Å². The minimum Gasteiger partial charge on any atom is -0.303 e. The van der Waals surface area contributed by atoms with Gasteiger partial charge in [0.1, 0.15) is 0 Å². The van der Waals surface area contributed by atoms with E-state index in [-0.39, 0.29) is 4.90 Å². The van der Waals surface area contributed by atoms with E-state index in [0.29, 0.717) is 27.3 Å². The Bertz CT molecular complexity index is 1030. The summed E-state index contributed by atoms with van der Waals surface area (Å²) in [4.78, 5) is 2.68. The Morgan fingerprint density at radius 1 is 1.03 bits per heavy atom. The average Bonchev–Trinajstić information content (AvgIpc) is 2.89. The maximum atomic E-state index is 13.5. The number of rotatable bonds is 10. The molecule has 0 amide bonds. The monoisotopic (exact) mass is 590 g/mol. The van der Waals surface area contributed by atoms with Crippen LogP contribution in [0.15, 0.2) is 47.4 Å². The van der Waals surface area contributed by atoms with E-state index in [1.807, 2.05) is 25.6 Å². The normalized spacial score (nSPS) is 15.7. The Morgan fingerprint density at radius 3 is 2.31 bits per heavy atom. The van der Waals surface area contributed by atoms with Gasteiger partial charge in [0.2, 0.25) is 0 Å². The summed E-state index contributed by atoms with van der Waals surface area (Å²) in [6.07, 6.45) is 14.3. The largest absolute Gasteiger partial charge is 0.303 e. The first-order valence-corrected chi connectivity index (χ1v) is 16.1. The molecule has 36 heavy (non-hydrogen) atoms. The first kappa shape index (κ1) is 33.0. The minimum absolute atomic E-state index is 0.175. The molecule has 1 aliphatic heterocycles. The Labute approximate surface area is 237 Å². The number of thioether (sulfide) groups is 1. The second-order valence-electron chi connectivity index (χ2n) is 8.10. The van der Waals surface area contributed by atoms with Crippen LogP contribution in [0.4, 0.5) is 5.69 Å². The Balaban J connectivity index is 0.00000154. The smallest absolute Gasteiger partial charge is 0.264 e. The zero-order valence-corrected chi connectivity index (χ0v) is 25.2. The molecule has 1 unspecified atom stereocenters. The van der Waals surface area contributed by atoms with E-state index >= 15 is 0 Å². The van der Waals surface area contributed by atoms with Crippen LogP contribution in [-0.4, -0.2) is 51.5 Å². The molecule has 200 valence electrons. The fourth-order valence-electron chi connectivity index (χ4n) is 4.10. The second-order valence-corrected chi connectivity index (χ2v) is 12.2. The van der Waals surface area contributed by atoms with Gasteiger partial charge in [0.15, 0.2) is 0 Å². The van der Waals surface area contributed by atoms with E-state index in [1.165, 1.54) is 35.0 Å². The van der Waals surface area contributed by atoms with Crippen molar-refractivity contribution in [1.82, 2.24) is 4.90 Å². The third-order valence-electron chi connectivity index (χ3n) is 5.67. The highest BCUT2D eigenvalue weighted by atomic mass is 35.5. The maximum Gasteiger partial charge on any atom is 0.264 e. The number of anilines is 1. The van der Waals surface area contributed by atoms with Crippen molar-refractivity contribution in [2.24, 2.45) is 5.92 Å². The Morgan fingerprint density at radius 2 is 1.67 bits per heavy atom. The SMILES string of the molecule is C#C.CC.CSCC1CCCN(CCCCN(c2cc(Cl)ccc2Cl)S(=O)(=O)c2ccc(Cl)cc2)C1. The summed E-state index contributed by atoms with van der Waals surface area (Å²) in [6, 6.07) is 11.1. The Kier molecular flexibility index (Phi) is 16.0. The number of unbranched alkanes of at least 4 members (excludes halogenated alkanes) is 1. The number of hydrogen-bond donors (Lipinski definition) is 0. The quantitative estimate of drug-likeness (QED) is 0.207. The minimum atomic E-state index is -3.82. The summed E-state index contributed by atoms with van der Waals surface area (Å²) in [5.74, 6) is 1.96. The predicted molar refractivity (Wildman–Crippen MR) is 160 cm³/mol. The summed E-state index contributed by atoms with van der Waals surface area (Å²) in [6.45, 7) is 7.56. The zero-order valence-electron chi connectivity index (χ0n) is 21.3. The van der Waals surface area contributed by atoms with Gasteiger partial charge in [-0.3, -0.25) is 4.31 Å². The van der Waals surface area contributed by atoms with Crippen LogP contribution in [-0.2, 0) is 10.0 Å². The number of likely N-dealkylation sites (tertiary alicyclic amines) is 1. The summed E-state index contributed by atoms with van der Waals surface area (Å²) in [5.41, 5.74) is 0.395. The van der Waals surface area contributed by atoms with E-state index in [4.69, 9.17) is 34.8 Å². The van der Waals surface area contributed by atoms with Crippen LogP contribution in [0.2, 0.25) is 15.1 Å². The lowest BCUT2D eigenvalue weighted by Gasteiger charge is -2.32. The zero-order chi connectivity index (χ0) is 27.1. The van der Waals surface area contributed by atoms with Crippen LogP contribution >= 0.6 is 46.6 Å². The first-order chi connectivity index (χ1) is 17.3. The third kappa shape index (κ3) is 10.0. The van der Waals surface area contributed by atoms with Gasteiger partial charge in [0.25, 0.3) is 10.0 Å². The van der Waals surface area contributed by atoms with E-state index in [2.05, 4.69) is 24.0 Å². The molecule has 1 saturated heterocycles. The molecule has 0 aliphatic carbocycles. The lowest BCUT2D eigenvalue weighted by molar-refractivity contribution is 0.183. The van der Waals surface area contributed by atoms with Crippen LogP contribution in [0.1, 0.15) is 39.5 Å². The number of piperidine rings is 1. The van der Waals surface area contributed by atoms with Gasteiger partial charge in [0.05, 0.1) is 15.6 Å². The maximum absolute atomic E-state index is 13.5. The van der Waals surface area contributed by atoms with Crippen LogP contribution in [0.5, 0.6) is 0 Å². The van der Waals surface area contributed by atoms with Crippen LogP contribution < -0.4 is 4.31 Å².